The van der Waals surface area contributed by atoms with E-state index in [0.29, 0.717) is 13.0 Å². The summed E-state index contributed by atoms with van der Waals surface area (Å²) in [6, 6.07) is 28.4. The second-order valence-electron chi connectivity index (χ2n) is 13.5. The van der Waals surface area contributed by atoms with Gasteiger partial charge in [-0.25, -0.2) is 0 Å². The molecule has 3 atom stereocenters. The fraction of sp³-hybridized carbons (Fsp3) is 0.465. The number of rotatable bonds is 12. The van der Waals surface area contributed by atoms with Gasteiger partial charge in [0.05, 0.1) is 25.7 Å². The lowest BCUT2D eigenvalue weighted by Crippen LogP contribution is -2.52. The van der Waals surface area contributed by atoms with Gasteiger partial charge in [-0.3, -0.25) is 19.2 Å². The zero-order valence-electron chi connectivity index (χ0n) is 34.1. The van der Waals surface area contributed by atoms with Gasteiger partial charge < -0.3 is 31.3 Å². The third-order valence-corrected chi connectivity index (χ3v) is 7.23. The van der Waals surface area contributed by atoms with Crippen LogP contribution >= 0.6 is 12.2 Å². The van der Waals surface area contributed by atoms with Crippen LogP contribution in [-0.2, 0) is 30.3 Å². The minimum Gasteiger partial charge on any atom is -0.361 e. The van der Waals surface area contributed by atoms with Gasteiger partial charge in [-0.15, -0.1) is 0 Å². The van der Waals surface area contributed by atoms with Gasteiger partial charge in [-0.1, -0.05) is 139 Å². The SMILES string of the molecule is CC(C)C.CCC.CCC(NC(=O)CNC(=S)Nc1ccccc1)C(=O)NCC(=O)NC(C)C(=O)C1(C)CO1.CCc1ccccc1.Cc1ccccc1. The van der Waals surface area contributed by atoms with Gasteiger partial charge >= 0.3 is 0 Å². The topological polar surface area (TPSA) is 141 Å². The number of nitrogens with one attached hydrogen (secondary N) is 5. The lowest BCUT2D eigenvalue weighted by atomic mass is 10.0. The standard InChI is InChI=1S/C21H29N5O5S.C8H10.C7H8.C4H10.C3H8/c1-4-15(26-17(28)11-23-20(32)25-14-8-6-5-7-9-14)19(30)22-10-16(27)24-13(2)18(29)21(3)12-31-21;1-2-8-6-4-3-5-7-8;1-7-5-3-2-4-6-7;1-4(2)3;1-3-2/h5-9,13,15H,4,10-12H2,1-3H3,(H,22,30)(H,24,27)(H,26,28)(H2,23,25,32);3-7H,2H2,1H3;2-6H,1H3;4H,1-3H3;3H2,1-2H3. The van der Waals surface area contributed by atoms with E-state index in [0.717, 1.165) is 18.0 Å². The van der Waals surface area contributed by atoms with Crippen LogP contribution in [0.2, 0.25) is 0 Å². The van der Waals surface area contributed by atoms with Crippen molar-refractivity contribution < 1.29 is 23.9 Å². The van der Waals surface area contributed by atoms with Gasteiger partial charge in [0.2, 0.25) is 17.7 Å². The molecule has 298 valence electrons. The van der Waals surface area contributed by atoms with Crippen LogP contribution in [0.15, 0.2) is 91.0 Å². The van der Waals surface area contributed by atoms with Crippen molar-refractivity contribution in [2.75, 3.05) is 25.0 Å². The number of para-hydroxylation sites is 1. The lowest BCUT2D eigenvalue weighted by molar-refractivity contribution is -0.131. The van der Waals surface area contributed by atoms with Crippen LogP contribution in [0.4, 0.5) is 5.69 Å². The summed E-state index contributed by atoms with van der Waals surface area (Å²) in [5.74, 6) is -0.824. The molecule has 5 N–H and O–H groups in total. The number of carbonyl (C=O) groups excluding carboxylic acids is 4. The Kier molecular flexibility index (Phi) is 26.4. The smallest absolute Gasteiger partial charge is 0.243 e. The molecule has 54 heavy (non-hydrogen) atoms. The molecule has 0 aliphatic carbocycles. The molecular weight excluding hydrogens is 699 g/mol. The van der Waals surface area contributed by atoms with Crippen LogP contribution in [0.1, 0.15) is 86.3 Å². The molecule has 0 spiro atoms. The van der Waals surface area contributed by atoms with Gasteiger partial charge in [0.1, 0.15) is 11.6 Å². The van der Waals surface area contributed by atoms with Gasteiger partial charge in [0, 0.05) is 5.69 Å². The third-order valence-electron chi connectivity index (χ3n) is 6.99. The maximum atomic E-state index is 12.3. The van der Waals surface area contributed by atoms with E-state index >= 15 is 0 Å². The molecule has 0 saturated carbocycles. The Morgan fingerprint density at radius 3 is 1.59 bits per heavy atom. The van der Waals surface area contributed by atoms with E-state index in [9.17, 15) is 19.2 Å². The summed E-state index contributed by atoms with van der Waals surface area (Å²) in [6.07, 6.45) is 2.72. The van der Waals surface area contributed by atoms with Crippen LogP contribution in [0.25, 0.3) is 0 Å². The van der Waals surface area contributed by atoms with E-state index in [-0.39, 0.29) is 24.0 Å². The zero-order valence-corrected chi connectivity index (χ0v) is 34.9. The van der Waals surface area contributed by atoms with Gasteiger partial charge in [0.15, 0.2) is 10.9 Å². The lowest BCUT2D eigenvalue weighted by Gasteiger charge is -2.18. The van der Waals surface area contributed by atoms with Gasteiger partial charge in [-0.05, 0) is 69.4 Å². The second-order valence-corrected chi connectivity index (χ2v) is 13.9. The van der Waals surface area contributed by atoms with Crippen molar-refractivity contribution in [3.05, 3.63) is 102 Å². The number of thiocarbonyl (C=S) groups is 1. The molecule has 11 heteroatoms. The fourth-order valence-electron chi connectivity index (χ4n) is 4.06. The minimum absolute atomic E-state index is 0.122. The maximum absolute atomic E-state index is 12.3. The average Bonchev–Trinajstić information content (AvgIpc) is 3.91. The molecular formula is C43H65N5O5S. The highest BCUT2D eigenvalue weighted by atomic mass is 32.1. The van der Waals surface area contributed by atoms with Crippen molar-refractivity contribution in [1.29, 1.82) is 0 Å². The van der Waals surface area contributed by atoms with Gasteiger partial charge in [0.25, 0.3) is 0 Å². The Morgan fingerprint density at radius 1 is 0.741 bits per heavy atom. The number of amides is 3. The molecule has 1 saturated heterocycles. The predicted molar refractivity (Wildman–Crippen MR) is 226 cm³/mol. The molecule has 3 unspecified atom stereocenters. The number of hydrogen-bond acceptors (Lipinski definition) is 6. The predicted octanol–water partition coefficient (Wildman–Crippen LogP) is 7.17. The summed E-state index contributed by atoms with van der Waals surface area (Å²) in [4.78, 5) is 48.6. The Hall–Kier alpha value is -4.61. The molecule has 4 rings (SSSR count). The number of hydrogen-bond donors (Lipinski definition) is 5. The maximum Gasteiger partial charge on any atom is 0.243 e. The Balaban J connectivity index is 0.00000102. The molecule has 0 bridgehead atoms. The van der Waals surface area contributed by atoms with E-state index < -0.39 is 35.4 Å². The molecule has 3 amide bonds. The number of carbonyl (C=O) groups is 4. The molecule has 0 radical (unpaired) electrons. The summed E-state index contributed by atoms with van der Waals surface area (Å²) in [5, 5.41) is 13.6. The van der Waals surface area contributed by atoms with Crippen molar-refractivity contribution in [2.45, 2.75) is 106 Å². The highest BCUT2D eigenvalue weighted by Crippen LogP contribution is 2.28. The largest absolute Gasteiger partial charge is 0.361 e. The summed E-state index contributed by atoms with van der Waals surface area (Å²) in [7, 11) is 0. The van der Waals surface area contributed by atoms with Crippen molar-refractivity contribution in [3.63, 3.8) is 0 Å². The fourth-order valence-corrected chi connectivity index (χ4v) is 4.25. The Labute approximate surface area is 330 Å². The molecule has 1 aliphatic rings. The highest BCUT2D eigenvalue weighted by Gasteiger charge is 2.48. The van der Waals surface area contributed by atoms with Crippen LogP contribution in [0.3, 0.4) is 0 Å². The molecule has 3 aromatic carbocycles. The van der Waals surface area contributed by atoms with E-state index in [4.69, 9.17) is 17.0 Å². The Morgan fingerprint density at radius 2 is 1.19 bits per heavy atom. The quantitative estimate of drug-likeness (QED) is 0.0967. The summed E-state index contributed by atoms with van der Waals surface area (Å²) < 4.78 is 5.08. The van der Waals surface area contributed by atoms with E-state index in [1.807, 2.05) is 54.6 Å². The molecule has 1 heterocycles. The van der Waals surface area contributed by atoms with E-state index in [1.165, 1.54) is 17.5 Å². The monoisotopic (exact) mass is 763 g/mol. The molecule has 0 aromatic heterocycles. The summed E-state index contributed by atoms with van der Waals surface area (Å²) in [6.45, 7) is 19.9. The summed E-state index contributed by atoms with van der Waals surface area (Å²) >= 11 is 5.14. The first-order valence-electron chi connectivity index (χ1n) is 18.8. The van der Waals surface area contributed by atoms with Crippen LogP contribution in [-0.4, -0.2) is 66.0 Å². The zero-order chi connectivity index (χ0) is 40.9. The van der Waals surface area contributed by atoms with E-state index in [2.05, 4.69) is 111 Å². The van der Waals surface area contributed by atoms with Crippen molar-refractivity contribution in [3.8, 4) is 0 Å². The first-order valence-corrected chi connectivity index (χ1v) is 19.2. The van der Waals surface area contributed by atoms with Gasteiger partial charge in [-0.2, -0.15) is 0 Å². The number of ketones is 1. The molecule has 1 fully saturated rings. The van der Waals surface area contributed by atoms with Crippen molar-refractivity contribution in [1.82, 2.24) is 21.3 Å². The number of aryl methyl sites for hydroxylation is 2. The number of anilines is 1. The first kappa shape index (κ1) is 49.4. The number of epoxide rings is 1. The number of benzene rings is 3. The average molecular weight is 764 g/mol. The number of ether oxygens (including phenoxy) is 1. The van der Waals surface area contributed by atoms with Crippen LogP contribution in [0, 0.1) is 12.8 Å². The molecule has 1 aliphatic heterocycles. The highest BCUT2D eigenvalue weighted by molar-refractivity contribution is 7.80. The number of Topliss-reactive ketones (excluding diaryl/α,β-unsaturated/α-hetero) is 1. The molecule has 3 aromatic rings. The summed E-state index contributed by atoms with van der Waals surface area (Å²) in [5.41, 5.74) is 2.68. The van der Waals surface area contributed by atoms with Crippen LogP contribution in [0.5, 0.6) is 0 Å². The van der Waals surface area contributed by atoms with Crippen molar-refractivity contribution >= 4 is 46.5 Å². The minimum atomic E-state index is -0.833. The second kappa shape index (κ2) is 28.8. The Bertz CT molecular complexity index is 1480. The third kappa shape index (κ3) is 24.6. The van der Waals surface area contributed by atoms with E-state index in [1.54, 1.807) is 20.8 Å². The van der Waals surface area contributed by atoms with Crippen molar-refractivity contribution in [2.24, 2.45) is 5.92 Å². The normalized spacial score (nSPS) is 14.4. The first-order chi connectivity index (χ1) is 25.6. The molecule has 10 nitrogen and oxygen atoms in total. The van der Waals surface area contributed by atoms with Crippen LogP contribution < -0.4 is 26.6 Å².